The molecule has 19 heavy (non-hydrogen) atoms. The fourth-order valence-electron chi connectivity index (χ4n) is 2.10. The molecule has 1 unspecified atom stereocenters. The first-order valence-electron chi connectivity index (χ1n) is 6.12. The van der Waals surface area contributed by atoms with Gasteiger partial charge < -0.3 is 10.5 Å². The van der Waals surface area contributed by atoms with Crippen LogP contribution >= 0.6 is 0 Å². The number of amides is 1. The molecule has 0 heterocycles. The van der Waals surface area contributed by atoms with E-state index in [4.69, 9.17) is 10.5 Å². The van der Waals surface area contributed by atoms with Crippen LogP contribution in [-0.4, -0.2) is 18.0 Å². The maximum absolute atomic E-state index is 12.1. The van der Waals surface area contributed by atoms with Gasteiger partial charge in [0.05, 0.1) is 5.57 Å². The molecule has 2 rings (SSSR count). The Morgan fingerprint density at radius 2 is 1.89 bits per heavy atom. The lowest BCUT2D eigenvalue weighted by Gasteiger charge is -2.27. The Labute approximate surface area is 112 Å². The molecule has 100 valence electrons. The van der Waals surface area contributed by atoms with Crippen molar-refractivity contribution in [1.82, 2.24) is 0 Å². The molecule has 0 aliphatic heterocycles. The highest BCUT2D eigenvalue weighted by Gasteiger charge is 2.34. The molecule has 0 saturated carbocycles. The third kappa shape index (κ3) is 2.52. The Balaban J connectivity index is 2.20. The number of primary amides is 1. The summed E-state index contributed by atoms with van der Waals surface area (Å²) in [5.74, 6) is -1.15. The van der Waals surface area contributed by atoms with Crippen LogP contribution in [0.15, 0.2) is 47.1 Å². The summed E-state index contributed by atoms with van der Waals surface area (Å²) in [6, 6.07) is 0. The third-order valence-electron chi connectivity index (χ3n) is 3.06. The molecule has 0 bridgehead atoms. The predicted octanol–water partition coefficient (Wildman–Crippen LogP) is 1.79. The largest absolute Gasteiger partial charge is 0.448 e. The van der Waals surface area contributed by atoms with Crippen molar-refractivity contribution >= 4 is 11.9 Å². The summed E-state index contributed by atoms with van der Waals surface area (Å²) in [4.78, 5) is 23.6. The number of ether oxygens (including phenoxy) is 1. The van der Waals surface area contributed by atoms with Crippen LogP contribution in [0.5, 0.6) is 0 Å². The van der Waals surface area contributed by atoms with Gasteiger partial charge in [0.25, 0.3) is 5.91 Å². The van der Waals surface area contributed by atoms with Crippen molar-refractivity contribution < 1.29 is 14.3 Å². The summed E-state index contributed by atoms with van der Waals surface area (Å²) >= 11 is 0. The number of allylic oxidation sites excluding steroid dienone is 6. The Morgan fingerprint density at radius 3 is 2.47 bits per heavy atom. The van der Waals surface area contributed by atoms with Gasteiger partial charge in [-0.2, -0.15) is 0 Å². The molecule has 0 saturated heterocycles. The smallest absolute Gasteiger partial charge is 0.339 e. The molecule has 0 spiro atoms. The zero-order chi connectivity index (χ0) is 14.2. The fraction of sp³-hybridized carbons (Fsp3) is 0.333. The minimum Gasteiger partial charge on any atom is -0.448 e. The van der Waals surface area contributed by atoms with E-state index in [1.165, 1.54) is 0 Å². The van der Waals surface area contributed by atoms with Gasteiger partial charge in [-0.3, -0.25) is 4.79 Å². The molecular formula is C15H17NO3. The molecule has 0 radical (unpaired) electrons. The first-order chi connectivity index (χ1) is 8.80. The predicted molar refractivity (Wildman–Crippen MR) is 71.9 cm³/mol. The molecule has 4 nitrogen and oxygen atoms in total. The molecular weight excluding hydrogens is 242 g/mol. The van der Waals surface area contributed by atoms with Crippen LogP contribution in [0.2, 0.25) is 0 Å². The van der Waals surface area contributed by atoms with Crippen molar-refractivity contribution in [3.63, 3.8) is 0 Å². The summed E-state index contributed by atoms with van der Waals surface area (Å²) in [7, 11) is 0. The molecule has 1 amide bonds. The van der Waals surface area contributed by atoms with Crippen molar-refractivity contribution in [1.29, 1.82) is 0 Å². The minimum atomic E-state index is -0.945. The van der Waals surface area contributed by atoms with E-state index in [1.54, 1.807) is 26.8 Å². The van der Waals surface area contributed by atoms with Crippen LogP contribution in [0.1, 0.15) is 20.8 Å². The summed E-state index contributed by atoms with van der Waals surface area (Å²) in [5, 5.41) is 0. The van der Waals surface area contributed by atoms with Crippen molar-refractivity contribution in [3.8, 4) is 0 Å². The molecule has 0 aromatic rings. The quantitative estimate of drug-likeness (QED) is 0.786. The number of fused-ring (bicyclic) bond motifs is 1. The van der Waals surface area contributed by atoms with Crippen LogP contribution in [-0.2, 0) is 14.3 Å². The molecule has 0 fully saturated rings. The van der Waals surface area contributed by atoms with Gasteiger partial charge in [-0.1, -0.05) is 45.1 Å². The number of hydrogen-bond acceptors (Lipinski definition) is 3. The summed E-state index contributed by atoms with van der Waals surface area (Å²) in [6.07, 6.45) is 8.25. The molecule has 4 heteroatoms. The standard InChI is InChI=1S/C15H17NO3/c1-15(2,3)12(13(16)17)19-14(18)11-8-7-9-5-4-6-10(9)11/h4-8,12H,1-3H3,(H2,16,17). The Hall–Kier alpha value is -2.10. The van der Waals surface area contributed by atoms with E-state index in [2.05, 4.69) is 0 Å². The number of nitrogens with two attached hydrogens (primary N) is 1. The van der Waals surface area contributed by atoms with Crippen LogP contribution in [0.25, 0.3) is 0 Å². The van der Waals surface area contributed by atoms with Crippen molar-refractivity contribution in [2.75, 3.05) is 0 Å². The summed E-state index contributed by atoms with van der Waals surface area (Å²) in [5.41, 5.74) is 7.06. The molecule has 2 aliphatic carbocycles. The third-order valence-corrected chi connectivity index (χ3v) is 3.06. The van der Waals surface area contributed by atoms with Gasteiger partial charge in [-0.05, 0) is 17.2 Å². The van der Waals surface area contributed by atoms with Gasteiger partial charge in [-0.15, -0.1) is 0 Å². The first kappa shape index (κ1) is 13.3. The zero-order valence-electron chi connectivity index (χ0n) is 11.3. The van der Waals surface area contributed by atoms with Gasteiger partial charge in [0.15, 0.2) is 6.10 Å². The SMILES string of the molecule is CC(C)(C)C(OC(=O)C1=C2C=CC=C2C=C1)C(N)=O. The lowest BCUT2D eigenvalue weighted by atomic mass is 9.88. The monoisotopic (exact) mass is 259 g/mol. The van der Waals surface area contributed by atoms with Gasteiger partial charge in [0, 0.05) is 5.41 Å². The average molecular weight is 259 g/mol. The van der Waals surface area contributed by atoms with Gasteiger partial charge in [0.2, 0.25) is 0 Å². The van der Waals surface area contributed by atoms with Gasteiger partial charge >= 0.3 is 5.97 Å². The highest BCUT2D eigenvalue weighted by atomic mass is 16.5. The number of carbonyl (C=O) groups excluding carboxylic acids is 2. The lowest BCUT2D eigenvalue weighted by molar-refractivity contribution is -0.157. The average Bonchev–Trinajstić information content (AvgIpc) is 2.84. The van der Waals surface area contributed by atoms with E-state index in [1.807, 2.05) is 24.3 Å². The Kier molecular flexibility index (Phi) is 3.18. The van der Waals surface area contributed by atoms with Crippen molar-refractivity contribution in [3.05, 3.63) is 47.1 Å². The highest BCUT2D eigenvalue weighted by molar-refractivity contribution is 5.98. The molecule has 2 N–H and O–H groups in total. The molecule has 1 atom stereocenters. The second kappa shape index (κ2) is 4.53. The zero-order valence-corrected chi connectivity index (χ0v) is 11.3. The van der Waals surface area contributed by atoms with E-state index < -0.39 is 23.4 Å². The Bertz CT molecular complexity index is 556. The highest BCUT2D eigenvalue weighted by Crippen LogP contribution is 2.31. The summed E-state index contributed by atoms with van der Waals surface area (Å²) < 4.78 is 5.28. The maximum Gasteiger partial charge on any atom is 0.339 e. The number of carbonyl (C=O) groups is 2. The Morgan fingerprint density at radius 1 is 1.21 bits per heavy atom. The normalized spacial score (nSPS) is 18.4. The lowest BCUT2D eigenvalue weighted by Crippen LogP contribution is -2.43. The molecule has 0 aromatic heterocycles. The second-order valence-corrected chi connectivity index (χ2v) is 5.70. The number of esters is 1. The molecule has 0 aromatic carbocycles. The molecule has 2 aliphatic rings. The van der Waals surface area contributed by atoms with Crippen LogP contribution in [0, 0.1) is 5.41 Å². The van der Waals surface area contributed by atoms with Gasteiger partial charge in [-0.25, -0.2) is 4.79 Å². The van der Waals surface area contributed by atoms with E-state index in [0.717, 1.165) is 11.1 Å². The topological polar surface area (TPSA) is 69.4 Å². The number of rotatable bonds is 3. The van der Waals surface area contributed by atoms with Crippen molar-refractivity contribution in [2.45, 2.75) is 26.9 Å². The maximum atomic E-state index is 12.1. The van der Waals surface area contributed by atoms with E-state index in [9.17, 15) is 9.59 Å². The minimum absolute atomic E-state index is 0.468. The number of hydrogen-bond donors (Lipinski definition) is 1. The summed E-state index contributed by atoms with van der Waals surface area (Å²) in [6.45, 7) is 5.41. The van der Waals surface area contributed by atoms with Crippen LogP contribution in [0.3, 0.4) is 0 Å². The van der Waals surface area contributed by atoms with Crippen LogP contribution in [0.4, 0.5) is 0 Å². The fourth-order valence-corrected chi connectivity index (χ4v) is 2.10. The van der Waals surface area contributed by atoms with Crippen molar-refractivity contribution in [2.24, 2.45) is 11.1 Å². The van der Waals surface area contributed by atoms with E-state index in [0.29, 0.717) is 5.57 Å². The van der Waals surface area contributed by atoms with Crippen LogP contribution < -0.4 is 5.73 Å². The second-order valence-electron chi connectivity index (χ2n) is 5.70. The first-order valence-corrected chi connectivity index (χ1v) is 6.12. The van der Waals surface area contributed by atoms with E-state index in [-0.39, 0.29) is 0 Å². The van der Waals surface area contributed by atoms with Gasteiger partial charge in [0.1, 0.15) is 0 Å². The van der Waals surface area contributed by atoms with E-state index >= 15 is 0 Å².